The zero-order valence-electron chi connectivity index (χ0n) is 9.12. The zero-order chi connectivity index (χ0) is 11.7. The van der Waals surface area contributed by atoms with Crippen LogP contribution >= 0.6 is 0 Å². The fraction of sp³-hybridized carbons (Fsp3) is 0.600. The Kier molecular flexibility index (Phi) is 7.27. The molecular weight excluding hydrogens is 198 g/mol. The molecule has 0 saturated carbocycles. The Labute approximate surface area is 89.4 Å². The number of unbranched alkanes of at least 4 members (excludes halogenated alkanes) is 1. The molecule has 1 amide bonds. The number of hydrogen-bond donors (Lipinski definition) is 1. The number of methoxy groups -OCH3 is 1. The molecule has 0 aliphatic heterocycles. The summed E-state index contributed by atoms with van der Waals surface area (Å²) in [6.45, 7) is 5.58. The summed E-state index contributed by atoms with van der Waals surface area (Å²) in [5, 5.41) is 2.29. The number of nitrogens with one attached hydrogen (secondary N) is 1. The van der Waals surface area contributed by atoms with Crippen LogP contribution in [0.15, 0.2) is 12.7 Å². The van der Waals surface area contributed by atoms with Crippen molar-refractivity contribution >= 4 is 11.9 Å². The van der Waals surface area contributed by atoms with Crippen LogP contribution in [0.3, 0.4) is 0 Å². The van der Waals surface area contributed by atoms with Crippen LogP contribution in [0.25, 0.3) is 0 Å². The van der Waals surface area contributed by atoms with Crippen LogP contribution in [0.1, 0.15) is 19.8 Å². The average Bonchev–Trinajstić information content (AvgIpc) is 2.25. The van der Waals surface area contributed by atoms with Crippen molar-refractivity contribution in [1.29, 1.82) is 0 Å². The van der Waals surface area contributed by atoms with Gasteiger partial charge in [-0.15, -0.1) is 0 Å². The summed E-state index contributed by atoms with van der Waals surface area (Å²) in [5.74, 6) is -1.07. The van der Waals surface area contributed by atoms with Gasteiger partial charge in [0, 0.05) is 7.11 Å². The first kappa shape index (κ1) is 13.6. The van der Waals surface area contributed by atoms with Gasteiger partial charge in [0.1, 0.15) is 0 Å². The Morgan fingerprint density at radius 2 is 2.20 bits per heavy atom. The number of carbonyl (C=O) groups is 2. The Morgan fingerprint density at radius 1 is 1.53 bits per heavy atom. The van der Waals surface area contributed by atoms with E-state index in [0.717, 1.165) is 18.9 Å². The number of esters is 1. The maximum Gasteiger partial charge on any atom is 0.356 e. The second-order valence-electron chi connectivity index (χ2n) is 2.85. The van der Waals surface area contributed by atoms with Crippen LogP contribution in [0.5, 0.6) is 0 Å². The highest BCUT2D eigenvalue weighted by Crippen LogP contribution is 1.94. The Hall–Kier alpha value is -1.36. The van der Waals surface area contributed by atoms with E-state index in [0.29, 0.717) is 6.61 Å². The van der Waals surface area contributed by atoms with Crippen molar-refractivity contribution in [3.8, 4) is 0 Å². The van der Waals surface area contributed by atoms with Gasteiger partial charge in [0.15, 0.2) is 0 Å². The summed E-state index contributed by atoms with van der Waals surface area (Å²) in [6.07, 6.45) is 1.72. The summed E-state index contributed by atoms with van der Waals surface area (Å²) in [5.41, 5.74) is 0. The van der Waals surface area contributed by atoms with E-state index in [1.807, 2.05) is 6.92 Å². The Bertz CT molecular complexity index is 227. The van der Waals surface area contributed by atoms with Crippen LogP contribution in [0, 0.1) is 0 Å². The fourth-order valence-corrected chi connectivity index (χ4v) is 0.795. The van der Waals surface area contributed by atoms with Gasteiger partial charge in [-0.25, -0.2) is 4.79 Å². The quantitative estimate of drug-likeness (QED) is 0.292. The molecule has 0 spiro atoms. The molecule has 86 valence electrons. The van der Waals surface area contributed by atoms with Crippen molar-refractivity contribution < 1.29 is 19.1 Å². The van der Waals surface area contributed by atoms with E-state index in [4.69, 9.17) is 9.47 Å². The van der Waals surface area contributed by atoms with Gasteiger partial charge in [-0.3, -0.25) is 4.79 Å². The van der Waals surface area contributed by atoms with Gasteiger partial charge >= 0.3 is 5.97 Å². The molecular formula is C10H17NO4. The van der Waals surface area contributed by atoms with Gasteiger partial charge in [0.2, 0.25) is 12.1 Å². The molecule has 1 atom stereocenters. The molecule has 0 rings (SSSR count). The van der Waals surface area contributed by atoms with Gasteiger partial charge in [-0.2, -0.15) is 0 Å². The third-order valence-corrected chi connectivity index (χ3v) is 1.65. The smallest absolute Gasteiger partial charge is 0.356 e. The van der Waals surface area contributed by atoms with E-state index in [9.17, 15) is 9.59 Å². The van der Waals surface area contributed by atoms with Gasteiger partial charge in [0.25, 0.3) is 0 Å². The van der Waals surface area contributed by atoms with Gasteiger partial charge < -0.3 is 14.8 Å². The topological polar surface area (TPSA) is 64.6 Å². The van der Waals surface area contributed by atoms with Gasteiger partial charge in [0.05, 0.1) is 6.61 Å². The standard InChI is InChI=1S/C10H17NO4/c1-4-6-7-15-10(13)9(14-3)11-8(12)5-2/h5,9H,2,4,6-7H2,1,3H3,(H,11,12). The maximum atomic E-state index is 11.3. The first-order valence-electron chi connectivity index (χ1n) is 4.78. The van der Waals surface area contributed by atoms with E-state index < -0.39 is 18.1 Å². The molecule has 0 saturated heterocycles. The lowest BCUT2D eigenvalue weighted by Crippen LogP contribution is -2.42. The second-order valence-corrected chi connectivity index (χ2v) is 2.85. The molecule has 0 aromatic heterocycles. The number of carbonyl (C=O) groups excluding carboxylic acids is 2. The molecule has 0 heterocycles. The predicted octanol–water partition coefficient (Wildman–Crippen LogP) is 0.604. The number of amides is 1. The fourth-order valence-electron chi connectivity index (χ4n) is 0.795. The molecule has 0 bridgehead atoms. The van der Waals surface area contributed by atoms with Crippen molar-refractivity contribution in [1.82, 2.24) is 5.32 Å². The van der Waals surface area contributed by atoms with Crippen molar-refractivity contribution in [2.45, 2.75) is 26.0 Å². The van der Waals surface area contributed by atoms with E-state index in [2.05, 4.69) is 11.9 Å². The molecule has 5 nitrogen and oxygen atoms in total. The average molecular weight is 215 g/mol. The predicted molar refractivity (Wildman–Crippen MR) is 55.0 cm³/mol. The Morgan fingerprint density at radius 3 is 2.67 bits per heavy atom. The van der Waals surface area contributed by atoms with Gasteiger partial charge in [-0.05, 0) is 12.5 Å². The highest BCUT2D eigenvalue weighted by molar-refractivity contribution is 5.90. The highest BCUT2D eigenvalue weighted by Gasteiger charge is 2.20. The van der Waals surface area contributed by atoms with Crippen molar-refractivity contribution in [2.75, 3.05) is 13.7 Å². The van der Waals surface area contributed by atoms with Crippen molar-refractivity contribution in [3.63, 3.8) is 0 Å². The SMILES string of the molecule is C=CC(=O)NC(OC)C(=O)OCCCC. The molecule has 5 heteroatoms. The van der Waals surface area contributed by atoms with E-state index in [-0.39, 0.29) is 0 Å². The molecule has 0 fully saturated rings. The summed E-state index contributed by atoms with van der Waals surface area (Å²) >= 11 is 0. The summed E-state index contributed by atoms with van der Waals surface area (Å²) in [6, 6.07) is 0. The zero-order valence-corrected chi connectivity index (χ0v) is 9.12. The maximum absolute atomic E-state index is 11.3. The molecule has 0 aromatic rings. The normalized spacial score (nSPS) is 11.6. The van der Waals surface area contributed by atoms with Crippen LogP contribution in [0.2, 0.25) is 0 Å². The minimum atomic E-state index is -1.06. The van der Waals surface area contributed by atoms with Gasteiger partial charge in [-0.1, -0.05) is 19.9 Å². The van der Waals surface area contributed by atoms with E-state index >= 15 is 0 Å². The first-order valence-corrected chi connectivity index (χ1v) is 4.78. The van der Waals surface area contributed by atoms with Crippen molar-refractivity contribution in [3.05, 3.63) is 12.7 Å². The van der Waals surface area contributed by atoms with E-state index in [1.165, 1.54) is 7.11 Å². The second kappa shape index (κ2) is 7.99. The minimum absolute atomic E-state index is 0.332. The summed E-state index contributed by atoms with van der Waals surface area (Å²) in [7, 11) is 1.31. The molecule has 15 heavy (non-hydrogen) atoms. The lowest BCUT2D eigenvalue weighted by atomic mass is 10.4. The molecule has 1 unspecified atom stereocenters. The first-order chi connectivity index (χ1) is 7.15. The number of rotatable bonds is 7. The third-order valence-electron chi connectivity index (χ3n) is 1.65. The summed E-state index contributed by atoms with van der Waals surface area (Å²) in [4.78, 5) is 22.2. The van der Waals surface area contributed by atoms with Crippen molar-refractivity contribution in [2.24, 2.45) is 0 Å². The molecule has 1 N–H and O–H groups in total. The molecule has 0 aliphatic carbocycles. The highest BCUT2D eigenvalue weighted by atomic mass is 16.6. The van der Waals surface area contributed by atoms with Crippen LogP contribution in [-0.2, 0) is 19.1 Å². The molecule has 0 radical (unpaired) electrons. The minimum Gasteiger partial charge on any atom is -0.462 e. The third kappa shape index (κ3) is 5.85. The lowest BCUT2D eigenvalue weighted by Gasteiger charge is -2.14. The van der Waals surface area contributed by atoms with Crippen LogP contribution < -0.4 is 5.32 Å². The molecule has 0 aliphatic rings. The van der Waals surface area contributed by atoms with Crippen LogP contribution in [-0.4, -0.2) is 31.8 Å². The summed E-state index contributed by atoms with van der Waals surface area (Å²) < 4.78 is 9.63. The largest absolute Gasteiger partial charge is 0.462 e. The Balaban J connectivity index is 3.98. The van der Waals surface area contributed by atoms with Crippen LogP contribution in [0.4, 0.5) is 0 Å². The monoisotopic (exact) mass is 215 g/mol. The van der Waals surface area contributed by atoms with E-state index in [1.54, 1.807) is 0 Å². The lowest BCUT2D eigenvalue weighted by molar-refractivity contribution is -0.159. The number of hydrogen-bond acceptors (Lipinski definition) is 4. The molecule has 0 aromatic carbocycles. The number of ether oxygens (including phenoxy) is 2.